The van der Waals surface area contributed by atoms with Crippen molar-refractivity contribution < 1.29 is 9.15 Å². The number of halogens is 2. The lowest BCUT2D eigenvalue weighted by Crippen LogP contribution is -2.05. The number of furan rings is 1. The van der Waals surface area contributed by atoms with E-state index in [9.17, 15) is 0 Å². The van der Waals surface area contributed by atoms with Crippen LogP contribution in [0.1, 0.15) is 5.76 Å². The average Bonchev–Trinajstić information content (AvgIpc) is 3.38. The third-order valence-corrected chi connectivity index (χ3v) is 5.82. The number of hydrogen-bond donors (Lipinski definition) is 0. The predicted octanol–water partition coefficient (Wildman–Crippen LogP) is 6.17. The van der Waals surface area contributed by atoms with Crippen LogP contribution in [0.25, 0.3) is 11.4 Å². The van der Waals surface area contributed by atoms with E-state index >= 15 is 0 Å². The Kier molecular flexibility index (Phi) is 6.59. The smallest absolute Gasteiger partial charge is 0.192 e. The molecule has 0 aliphatic rings. The fraction of sp³-hybridized carbons (Fsp3) is 0.143. The van der Waals surface area contributed by atoms with Crippen LogP contribution in [0.3, 0.4) is 0 Å². The van der Waals surface area contributed by atoms with Crippen molar-refractivity contribution >= 4 is 39.3 Å². The molecule has 0 bridgehead atoms. The fourth-order valence-corrected chi connectivity index (χ4v) is 3.88. The van der Waals surface area contributed by atoms with E-state index in [-0.39, 0.29) is 0 Å². The molecule has 4 aromatic rings. The summed E-state index contributed by atoms with van der Waals surface area (Å²) in [7, 11) is 0. The van der Waals surface area contributed by atoms with Gasteiger partial charge in [-0.05, 0) is 60.7 Å². The van der Waals surface area contributed by atoms with Gasteiger partial charge in [0.05, 0.1) is 19.4 Å². The monoisotopic (exact) mass is 489 g/mol. The minimum absolute atomic E-state index is 0.549. The number of hydrogen-bond acceptors (Lipinski definition) is 5. The van der Waals surface area contributed by atoms with Crippen LogP contribution in [0, 0.1) is 0 Å². The van der Waals surface area contributed by atoms with Gasteiger partial charge >= 0.3 is 0 Å². The Morgan fingerprint density at radius 3 is 2.55 bits per heavy atom. The molecule has 0 atom stereocenters. The second-order valence-corrected chi connectivity index (χ2v) is 8.54. The quantitative estimate of drug-likeness (QED) is 0.218. The minimum atomic E-state index is 0.549. The molecule has 5 nitrogen and oxygen atoms in total. The molecule has 0 spiro atoms. The minimum Gasteiger partial charge on any atom is -0.493 e. The molecule has 148 valence electrons. The van der Waals surface area contributed by atoms with Crippen molar-refractivity contribution in [3.8, 4) is 17.1 Å². The summed E-state index contributed by atoms with van der Waals surface area (Å²) in [6, 6.07) is 19.2. The highest BCUT2D eigenvalue weighted by Crippen LogP contribution is 2.26. The van der Waals surface area contributed by atoms with Gasteiger partial charge in [-0.25, -0.2) is 0 Å². The summed E-state index contributed by atoms with van der Waals surface area (Å²) in [5.74, 6) is 3.20. The van der Waals surface area contributed by atoms with Gasteiger partial charge in [-0.3, -0.25) is 4.57 Å². The average molecular weight is 491 g/mol. The summed E-state index contributed by atoms with van der Waals surface area (Å²) in [5, 5.41) is 10.3. The SMILES string of the molecule is Clc1ccc(-c2nnc(SCCOc3ccc(Br)cc3)n2Cc2ccco2)cc1. The first-order valence-electron chi connectivity index (χ1n) is 8.92. The van der Waals surface area contributed by atoms with Crippen molar-refractivity contribution in [3.05, 3.63) is 82.2 Å². The van der Waals surface area contributed by atoms with Gasteiger partial charge in [0, 0.05) is 20.8 Å². The topological polar surface area (TPSA) is 53.1 Å². The van der Waals surface area contributed by atoms with Crippen LogP contribution in [0.15, 0.2) is 81.0 Å². The van der Waals surface area contributed by atoms with E-state index in [0.29, 0.717) is 18.2 Å². The molecule has 0 unspecified atom stereocenters. The maximum absolute atomic E-state index is 6.02. The molecule has 0 saturated heterocycles. The highest BCUT2D eigenvalue weighted by atomic mass is 79.9. The molecule has 0 saturated carbocycles. The Labute approximate surface area is 186 Å². The number of nitrogens with zero attached hydrogens (tertiary/aromatic N) is 3. The van der Waals surface area contributed by atoms with Crippen molar-refractivity contribution in [2.24, 2.45) is 0 Å². The van der Waals surface area contributed by atoms with E-state index < -0.39 is 0 Å². The lowest BCUT2D eigenvalue weighted by atomic mass is 10.2. The third-order valence-electron chi connectivity index (χ3n) is 4.11. The molecule has 0 N–H and O–H groups in total. The summed E-state index contributed by atoms with van der Waals surface area (Å²) in [4.78, 5) is 0. The van der Waals surface area contributed by atoms with Crippen LogP contribution in [0.5, 0.6) is 5.75 Å². The zero-order valence-corrected chi connectivity index (χ0v) is 18.5. The van der Waals surface area contributed by atoms with E-state index in [0.717, 1.165) is 38.3 Å². The van der Waals surface area contributed by atoms with E-state index in [4.69, 9.17) is 20.8 Å². The molecular weight excluding hydrogens is 474 g/mol. The standard InChI is InChI=1S/C21H17BrClN3O2S/c22-16-5-9-18(10-6-16)28-12-13-29-21-25-24-20(15-3-7-17(23)8-4-15)26(21)14-19-2-1-11-27-19/h1-11H,12-14H2. The second-order valence-electron chi connectivity index (χ2n) is 6.13. The van der Waals surface area contributed by atoms with Crippen LogP contribution < -0.4 is 4.74 Å². The normalized spacial score (nSPS) is 11.0. The van der Waals surface area contributed by atoms with Gasteiger partial charge in [0.25, 0.3) is 0 Å². The molecule has 2 aromatic carbocycles. The Hall–Kier alpha value is -2.22. The highest BCUT2D eigenvalue weighted by molar-refractivity contribution is 9.10. The first-order chi connectivity index (χ1) is 14.2. The number of benzene rings is 2. The van der Waals surface area contributed by atoms with Crippen molar-refractivity contribution in [1.82, 2.24) is 14.8 Å². The Morgan fingerprint density at radius 1 is 1.03 bits per heavy atom. The van der Waals surface area contributed by atoms with Gasteiger partial charge in [-0.1, -0.05) is 39.3 Å². The first kappa shape index (κ1) is 20.1. The molecular formula is C21H17BrClN3O2S. The summed E-state index contributed by atoms with van der Waals surface area (Å²) in [5.41, 5.74) is 0.950. The summed E-state index contributed by atoms with van der Waals surface area (Å²) in [6.07, 6.45) is 1.67. The van der Waals surface area contributed by atoms with Crippen LogP contribution in [-0.2, 0) is 6.54 Å². The summed E-state index contributed by atoms with van der Waals surface area (Å²) in [6.45, 7) is 1.12. The number of rotatable bonds is 8. The van der Waals surface area contributed by atoms with Crippen LogP contribution >= 0.6 is 39.3 Å². The molecule has 8 heteroatoms. The molecule has 29 heavy (non-hydrogen) atoms. The second kappa shape index (κ2) is 9.52. The molecule has 0 aliphatic heterocycles. The zero-order valence-electron chi connectivity index (χ0n) is 15.3. The molecule has 0 aliphatic carbocycles. The van der Waals surface area contributed by atoms with Crippen molar-refractivity contribution in [3.63, 3.8) is 0 Å². The molecule has 2 aromatic heterocycles. The third kappa shape index (κ3) is 5.23. The lowest BCUT2D eigenvalue weighted by Gasteiger charge is -2.09. The van der Waals surface area contributed by atoms with Crippen LogP contribution in [0.2, 0.25) is 5.02 Å². The van der Waals surface area contributed by atoms with Crippen LogP contribution in [-0.4, -0.2) is 27.1 Å². The Balaban J connectivity index is 1.48. The maximum Gasteiger partial charge on any atom is 0.192 e. The fourth-order valence-electron chi connectivity index (χ4n) is 2.73. The molecule has 2 heterocycles. The molecule has 0 radical (unpaired) electrons. The summed E-state index contributed by atoms with van der Waals surface area (Å²) < 4.78 is 14.4. The number of thioether (sulfide) groups is 1. The lowest BCUT2D eigenvalue weighted by molar-refractivity contribution is 0.343. The van der Waals surface area contributed by atoms with E-state index in [1.54, 1.807) is 18.0 Å². The van der Waals surface area contributed by atoms with Crippen molar-refractivity contribution in [2.75, 3.05) is 12.4 Å². The van der Waals surface area contributed by atoms with E-state index in [1.807, 2.05) is 65.2 Å². The van der Waals surface area contributed by atoms with E-state index in [2.05, 4.69) is 26.1 Å². The van der Waals surface area contributed by atoms with Gasteiger partial charge in [-0.15, -0.1) is 10.2 Å². The number of ether oxygens (including phenoxy) is 1. The Bertz CT molecular complexity index is 1050. The van der Waals surface area contributed by atoms with Crippen molar-refractivity contribution in [1.29, 1.82) is 0 Å². The van der Waals surface area contributed by atoms with Gasteiger partial charge in [0.2, 0.25) is 0 Å². The van der Waals surface area contributed by atoms with Gasteiger partial charge in [-0.2, -0.15) is 0 Å². The highest BCUT2D eigenvalue weighted by Gasteiger charge is 2.16. The van der Waals surface area contributed by atoms with Gasteiger partial charge in [0.1, 0.15) is 11.5 Å². The molecule has 4 rings (SSSR count). The summed E-state index contributed by atoms with van der Waals surface area (Å²) >= 11 is 11.0. The zero-order chi connectivity index (χ0) is 20.1. The predicted molar refractivity (Wildman–Crippen MR) is 119 cm³/mol. The Morgan fingerprint density at radius 2 is 1.83 bits per heavy atom. The van der Waals surface area contributed by atoms with Gasteiger partial charge in [0.15, 0.2) is 11.0 Å². The first-order valence-corrected chi connectivity index (χ1v) is 11.1. The van der Waals surface area contributed by atoms with Gasteiger partial charge < -0.3 is 9.15 Å². The largest absolute Gasteiger partial charge is 0.493 e. The van der Waals surface area contributed by atoms with Crippen LogP contribution in [0.4, 0.5) is 0 Å². The molecule has 0 amide bonds. The maximum atomic E-state index is 6.02. The van der Waals surface area contributed by atoms with Crippen molar-refractivity contribution in [2.45, 2.75) is 11.7 Å². The number of aromatic nitrogens is 3. The van der Waals surface area contributed by atoms with E-state index in [1.165, 1.54) is 0 Å². The molecule has 0 fully saturated rings.